The van der Waals surface area contributed by atoms with Crippen LogP contribution in [0.15, 0.2) is 22.7 Å². The van der Waals surface area contributed by atoms with Crippen LogP contribution in [0.1, 0.15) is 37.7 Å². The average molecular weight is 311 g/mol. The van der Waals surface area contributed by atoms with Gasteiger partial charge < -0.3 is 4.74 Å². The summed E-state index contributed by atoms with van der Waals surface area (Å²) < 4.78 is 6.18. The van der Waals surface area contributed by atoms with Crippen LogP contribution in [0.3, 0.4) is 0 Å². The van der Waals surface area contributed by atoms with E-state index in [9.17, 15) is 4.79 Å². The normalized spacial score (nSPS) is 20.6. The number of rotatable bonds is 3. The van der Waals surface area contributed by atoms with Crippen LogP contribution in [-0.2, 0) is 11.2 Å². The fourth-order valence-electron chi connectivity index (χ4n) is 2.57. The van der Waals surface area contributed by atoms with Gasteiger partial charge in [-0.25, -0.2) is 0 Å². The lowest BCUT2D eigenvalue weighted by atomic mass is 9.91. The minimum atomic E-state index is 0.216. The quantitative estimate of drug-likeness (QED) is 0.784. The van der Waals surface area contributed by atoms with E-state index in [1.54, 1.807) is 7.11 Å². The average Bonchev–Trinajstić information content (AvgIpc) is 2.55. The van der Waals surface area contributed by atoms with E-state index in [1.165, 1.54) is 18.4 Å². The lowest BCUT2D eigenvalue weighted by Crippen LogP contribution is -2.15. The third-order valence-corrected chi connectivity index (χ3v) is 4.25. The molecule has 18 heavy (non-hydrogen) atoms. The highest BCUT2D eigenvalue weighted by atomic mass is 79.9. The number of ketones is 1. The summed E-state index contributed by atoms with van der Waals surface area (Å²) in [5, 5.41) is 0. The van der Waals surface area contributed by atoms with Gasteiger partial charge in [-0.15, -0.1) is 0 Å². The molecule has 1 aromatic carbocycles. The number of carbonyl (C=O) groups is 1. The van der Waals surface area contributed by atoms with Crippen molar-refractivity contribution in [3.8, 4) is 5.75 Å². The molecule has 0 amide bonds. The molecule has 0 aromatic heterocycles. The Kier molecular flexibility index (Phi) is 4.81. The van der Waals surface area contributed by atoms with Crippen molar-refractivity contribution in [2.75, 3.05) is 7.11 Å². The first-order chi connectivity index (χ1) is 8.70. The summed E-state index contributed by atoms with van der Waals surface area (Å²) in [4.78, 5) is 12.0. The molecule has 1 aromatic rings. The van der Waals surface area contributed by atoms with Gasteiger partial charge in [-0.1, -0.05) is 18.9 Å². The molecule has 0 saturated heterocycles. The second-order valence-corrected chi connectivity index (χ2v) is 5.79. The molecule has 0 aliphatic heterocycles. The number of ether oxygens (including phenoxy) is 1. The van der Waals surface area contributed by atoms with E-state index in [4.69, 9.17) is 4.74 Å². The van der Waals surface area contributed by atoms with Crippen molar-refractivity contribution in [3.05, 3.63) is 28.2 Å². The van der Waals surface area contributed by atoms with Crippen LogP contribution < -0.4 is 4.74 Å². The van der Waals surface area contributed by atoms with Gasteiger partial charge in [-0.05, 0) is 52.9 Å². The summed E-state index contributed by atoms with van der Waals surface area (Å²) in [5.74, 6) is 1.50. The smallest absolute Gasteiger partial charge is 0.136 e. The molecule has 98 valence electrons. The fourth-order valence-corrected chi connectivity index (χ4v) is 3.16. The molecule has 3 heteroatoms. The van der Waals surface area contributed by atoms with E-state index in [-0.39, 0.29) is 5.92 Å². The lowest BCUT2D eigenvalue weighted by molar-refractivity contribution is -0.122. The molecule has 0 bridgehead atoms. The maximum absolute atomic E-state index is 12.0. The lowest BCUT2D eigenvalue weighted by Gasteiger charge is -2.13. The molecule has 1 atom stereocenters. The standard InChI is InChI=1S/C15H19BrO2/c1-18-15-8-7-11(10-13(15)16)9-12-5-3-2-4-6-14(12)17/h7-8,10,12H,2-6,9H2,1H3. The number of benzene rings is 1. The molecular formula is C15H19BrO2. The van der Waals surface area contributed by atoms with E-state index in [0.717, 1.165) is 35.9 Å². The summed E-state index contributed by atoms with van der Waals surface area (Å²) in [6.45, 7) is 0. The molecule has 1 fully saturated rings. The van der Waals surface area contributed by atoms with Gasteiger partial charge in [-0.3, -0.25) is 4.79 Å². The molecule has 1 unspecified atom stereocenters. The van der Waals surface area contributed by atoms with Crippen LogP contribution in [0.4, 0.5) is 0 Å². The molecule has 2 nitrogen and oxygen atoms in total. The zero-order chi connectivity index (χ0) is 13.0. The van der Waals surface area contributed by atoms with Crippen LogP contribution in [0.2, 0.25) is 0 Å². The Morgan fingerprint density at radius 1 is 1.33 bits per heavy atom. The third-order valence-electron chi connectivity index (χ3n) is 3.63. The van der Waals surface area contributed by atoms with Crippen molar-refractivity contribution in [2.45, 2.75) is 38.5 Å². The first kappa shape index (κ1) is 13.6. The van der Waals surface area contributed by atoms with Crippen LogP contribution in [0.5, 0.6) is 5.75 Å². The zero-order valence-electron chi connectivity index (χ0n) is 10.7. The number of halogens is 1. The van der Waals surface area contributed by atoms with Crippen LogP contribution >= 0.6 is 15.9 Å². The Balaban J connectivity index is 2.08. The van der Waals surface area contributed by atoms with Crippen molar-refractivity contribution in [1.29, 1.82) is 0 Å². The Morgan fingerprint density at radius 2 is 2.17 bits per heavy atom. The largest absolute Gasteiger partial charge is 0.496 e. The summed E-state index contributed by atoms with van der Waals surface area (Å²) >= 11 is 3.49. The molecule has 1 aliphatic carbocycles. The topological polar surface area (TPSA) is 26.3 Å². The summed E-state index contributed by atoms with van der Waals surface area (Å²) in [7, 11) is 1.66. The Labute approximate surface area is 117 Å². The van der Waals surface area contributed by atoms with Crippen molar-refractivity contribution in [1.82, 2.24) is 0 Å². The number of hydrogen-bond donors (Lipinski definition) is 0. The van der Waals surface area contributed by atoms with E-state index < -0.39 is 0 Å². The molecule has 2 rings (SSSR count). The molecule has 0 spiro atoms. The SMILES string of the molecule is COc1ccc(CC2CCCCCC2=O)cc1Br. The van der Waals surface area contributed by atoms with Crippen molar-refractivity contribution in [3.63, 3.8) is 0 Å². The minimum Gasteiger partial charge on any atom is -0.496 e. The highest BCUT2D eigenvalue weighted by molar-refractivity contribution is 9.10. The Hall–Kier alpha value is -0.830. The second-order valence-electron chi connectivity index (χ2n) is 4.94. The van der Waals surface area contributed by atoms with Crippen molar-refractivity contribution in [2.24, 2.45) is 5.92 Å². The third kappa shape index (κ3) is 3.35. The molecule has 0 heterocycles. The van der Waals surface area contributed by atoms with Gasteiger partial charge in [0.15, 0.2) is 0 Å². The van der Waals surface area contributed by atoms with Crippen LogP contribution in [0.25, 0.3) is 0 Å². The summed E-state index contributed by atoms with van der Waals surface area (Å²) in [5.41, 5.74) is 1.21. The molecule has 0 N–H and O–H groups in total. The van der Waals surface area contributed by atoms with Crippen molar-refractivity contribution >= 4 is 21.7 Å². The fraction of sp³-hybridized carbons (Fsp3) is 0.533. The molecule has 1 saturated carbocycles. The maximum atomic E-state index is 12.0. The van der Waals surface area contributed by atoms with Crippen LogP contribution in [0, 0.1) is 5.92 Å². The van der Waals surface area contributed by atoms with Gasteiger partial charge in [0.25, 0.3) is 0 Å². The van der Waals surface area contributed by atoms with Gasteiger partial charge in [0.1, 0.15) is 11.5 Å². The van der Waals surface area contributed by atoms with E-state index in [2.05, 4.69) is 28.1 Å². The summed E-state index contributed by atoms with van der Waals surface area (Å²) in [6, 6.07) is 6.08. The van der Waals surface area contributed by atoms with E-state index >= 15 is 0 Å². The maximum Gasteiger partial charge on any atom is 0.136 e. The number of Topliss-reactive ketones (excluding diaryl/α,β-unsaturated/α-hetero) is 1. The first-order valence-corrected chi connectivity index (χ1v) is 7.35. The highest BCUT2D eigenvalue weighted by Crippen LogP contribution is 2.29. The van der Waals surface area contributed by atoms with Gasteiger partial charge in [0.2, 0.25) is 0 Å². The van der Waals surface area contributed by atoms with Crippen molar-refractivity contribution < 1.29 is 9.53 Å². The summed E-state index contributed by atoms with van der Waals surface area (Å²) in [6.07, 6.45) is 6.13. The Morgan fingerprint density at radius 3 is 2.89 bits per heavy atom. The van der Waals surface area contributed by atoms with Gasteiger partial charge in [0, 0.05) is 12.3 Å². The van der Waals surface area contributed by atoms with E-state index in [1.807, 2.05) is 6.07 Å². The minimum absolute atomic E-state index is 0.216. The molecule has 0 radical (unpaired) electrons. The van der Waals surface area contributed by atoms with Crippen LogP contribution in [-0.4, -0.2) is 12.9 Å². The van der Waals surface area contributed by atoms with Gasteiger partial charge in [0.05, 0.1) is 11.6 Å². The number of carbonyl (C=O) groups excluding carboxylic acids is 1. The monoisotopic (exact) mass is 310 g/mol. The molecular weight excluding hydrogens is 292 g/mol. The zero-order valence-corrected chi connectivity index (χ0v) is 12.3. The predicted octanol–water partition coefficient (Wildman–Crippen LogP) is 4.15. The predicted molar refractivity (Wildman–Crippen MR) is 76.0 cm³/mol. The van der Waals surface area contributed by atoms with E-state index in [0.29, 0.717) is 5.78 Å². The Bertz CT molecular complexity index is 429. The number of methoxy groups -OCH3 is 1. The molecule has 1 aliphatic rings. The van der Waals surface area contributed by atoms with Gasteiger partial charge >= 0.3 is 0 Å². The number of hydrogen-bond acceptors (Lipinski definition) is 2. The second kappa shape index (κ2) is 6.37. The first-order valence-electron chi connectivity index (χ1n) is 6.56. The highest BCUT2D eigenvalue weighted by Gasteiger charge is 2.21. The van der Waals surface area contributed by atoms with Gasteiger partial charge in [-0.2, -0.15) is 0 Å².